The summed E-state index contributed by atoms with van der Waals surface area (Å²) in [5.74, 6) is -1.13. The Balaban J connectivity index is 2.42. The van der Waals surface area contributed by atoms with Gasteiger partial charge in [0.05, 0.1) is 12.7 Å². The number of nitrogens with zero attached hydrogens (tertiary/aromatic N) is 1. The number of amides is 1. The molecule has 6 heteroatoms. The van der Waals surface area contributed by atoms with Gasteiger partial charge >= 0.3 is 5.97 Å². The number of hydrogen-bond acceptors (Lipinski definition) is 3. The molecule has 1 heterocycles. The summed E-state index contributed by atoms with van der Waals surface area (Å²) in [6, 6.07) is 5.70. The van der Waals surface area contributed by atoms with Gasteiger partial charge in [-0.3, -0.25) is 4.79 Å². The van der Waals surface area contributed by atoms with Crippen LogP contribution in [-0.2, 0) is 4.74 Å². The van der Waals surface area contributed by atoms with Crippen LogP contribution < -0.4 is 4.90 Å². The lowest BCUT2D eigenvalue weighted by Crippen LogP contribution is -2.31. The van der Waals surface area contributed by atoms with Crippen LogP contribution in [0.15, 0.2) is 24.3 Å². The molecular formula is C17H19FN2O3. The number of ether oxygens (including phenoxy) is 1. The van der Waals surface area contributed by atoms with Gasteiger partial charge in [-0.25, -0.2) is 9.18 Å². The summed E-state index contributed by atoms with van der Waals surface area (Å²) in [6.07, 6.45) is 0. The van der Waals surface area contributed by atoms with Crippen molar-refractivity contribution in [2.45, 2.75) is 20.8 Å². The van der Waals surface area contributed by atoms with Crippen LogP contribution in [-0.4, -0.2) is 30.5 Å². The van der Waals surface area contributed by atoms with Crippen molar-refractivity contribution in [1.29, 1.82) is 0 Å². The maximum atomic E-state index is 13.1. The van der Waals surface area contributed by atoms with E-state index in [0.29, 0.717) is 34.7 Å². The highest BCUT2D eigenvalue weighted by Gasteiger charge is 2.25. The van der Waals surface area contributed by atoms with Gasteiger partial charge in [0.1, 0.15) is 11.5 Å². The molecule has 0 radical (unpaired) electrons. The second kappa shape index (κ2) is 6.64. The first-order valence-corrected chi connectivity index (χ1v) is 7.25. The Hall–Kier alpha value is -2.63. The van der Waals surface area contributed by atoms with Crippen molar-refractivity contribution < 1.29 is 18.7 Å². The number of carbonyl (C=O) groups is 2. The molecule has 122 valence electrons. The van der Waals surface area contributed by atoms with Crippen molar-refractivity contribution in [3.05, 3.63) is 52.6 Å². The Morgan fingerprint density at radius 3 is 2.35 bits per heavy atom. The lowest BCUT2D eigenvalue weighted by molar-refractivity contribution is 0.0599. The largest absolute Gasteiger partial charge is 0.465 e. The number of methoxy groups -OCH3 is 1. The summed E-state index contributed by atoms with van der Waals surface area (Å²) in [5, 5.41) is 0. The maximum Gasteiger partial charge on any atom is 0.339 e. The molecule has 0 atom stereocenters. The first-order valence-electron chi connectivity index (χ1n) is 7.25. The van der Waals surface area contributed by atoms with Crippen molar-refractivity contribution in [2.75, 3.05) is 18.6 Å². The maximum absolute atomic E-state index is 13.1. The predicted molar refractivity (Wildman–Crippen MR) is 85.4 cm³/mol. The van der Waals surface area contributed by atoms with E-state index in [0.717, 1.165) is 0 Å². The number of aromatic amines is 1. The van der Waals surface area contributed by atoms with Crippen LogP contribution >= 0.6 is 0 Å². The number of carbonyl (C=O) groups excluding carboxylic acids is 2. The number of hydrogen-bond donors (Lipinski definition) is 1. The van der Waals surface area contributed by atoms with Gasteiger partial charge in [0.15, 0.2) is 0 Å². The van der Waals surface area contributed by atoms with Crippen LogP contribution in [0.3, 0.4) is 0 Å². The number of aromatic nitrogens is 1. The molecule has 0 unspecified atom stereocenters. The Morgan fingerprint density at radius 1 is 1.22 bits per heavy atom. The normalized spacial score (nSPS) is 10.5. The smallest absolute Gasteiger partial charge is 0.339 e. The average molecular weight is 318 g/mol. The van der Waals surface area contributed by atoms with E-state index in [1.165, 1.54) is 24.1 Å². The van der Waals surface area contributed by atoms with Crippen LogP contribution in [0.1, 0.15) is 39.0 Å². The van der Waals surface area contributed by atoms with Crippen LogP contribution in [0, 0.1) is 19.7 Å². The van der Waals surface area contributed by atoms with Gasteiger partial charge in [-0.2, -0.15) is 0 Å². The minimum absolute atomic E-state index is 0.283. The molecule has 1 aromatic heterocycles. The van der Waals surface area contributed by atoms with Crippen molar-refractivity contribution in [3.8, 4) is 0 Å². The van der Waals surface area contributed by atoms with E-state index in [1.807, 2.05) is 6.92 Å². The molecule has 1 amide bonds. The summed E-state index contributed by atoms with van der Waals surface area (Å²) in [7, 11) is 1.30. The monoisotopic (exact) mass is 318 g/mol. The van der Waals surface area contributed by atoms with E-state index < -0.39 is 5.97 Å². The fraction of sp³-hybridized carbons (Fsp3) is 0.294. The molecule has 5 nitrogen and oxygen atoms in total. The number of H-pyrrole nitrogens is 1. The van der Waals surface area contributed by atoms with Gasteiger partial charge in [0.25, 0.3) is 5.91 Å². The molecule has 0 fully saturated rings. The molecular weight excluding hydrogens is 299 g/mol. The number of anilines is 1. The summed E-state index contributed by atoms with van der Waals surface area (Å²) in [4.78, 5) is 29.1. The second-order valence-corrected chi connectivity index (χ2v) is 5.14. The zero-order valence-electron chi connectivity index (χ0n) is 13.6. The van der Waals surface area contributed by atoms with Crippen molar-refractivity contribution in [3.63, 3.8) is 0 Å². The molecule has 0 spiro atoms. The van der Waals surface area contributed by atoms with Gasteiger partial charge in [0.2, 0.25) is 0 Å². The predicted octanol–water partition coefficient (Wildman–Crippen LogP) is 3.22. The topological polar surface area (TPSA) is 62.4 Å². The Kier molecular flexibility index (Phi) is 4.83. The molecule has 0 saturated carbocycles. The highest BCUT2D eigenvalue weighted by Crippen LogP contribution is 2.23. The molecule has 0 bridgehead atoms. The summed E-state index contributed by atoms with van der Waals surface area (Å²) < 4.78 is 17.8. The lowest BCUT2D eigenvalue weighted by atomic mass is 10.1. The number of aryl methyl sites for hydroxylation is 1. The molecule has 0 aliphatic heterocycles. The van der Waals surface area contributed by atoms with E-state index in [-0.39, 0.29) is 11.7 Å². The SMILES string of the molecule is CCN(C(=O)c1[nH]c(C)c(C(=O)OC)c1C)c1ccc(F)cc1. The van der Waals surface area contributed by atoms with Crippen LogP contribution in [0.4, 0.5) is 10.1 Å². The van der Waals surface area contributed by atoms with Crippen LogP contribution in [0.25, 0.3) is 0 Å². The molecule has 0 aliphatic carbocycles. The zero-order valence-corrected chi connectivity index (χ0v) is 13.6. The standard InChI is InChI=1S/C17H19FN2O3/c1-5-20(13-8-6-12(18)7-9-13)16(21)15-10(2)14(11(3)19-15)17(22)23-4/h6-9,19H,5H2,1-4H3. The summed E-state index contributed by atoms with van der Waals surface area (Å²) in [5.41, 5.74) is 2.40. The molecule has 2 rings (SSSR count). The second-order valence-electron chi connectivity index (χ2n) is 5.14. The van der Waals surface area contributed by atoms with Crippen molar-refractivity contribution >= 4 is 17.6 Å². The Bertz CT molecular complexity index is 735. The fourth-order valence-electron chi connectivity index (χ4n) is 2.57. The zero-order chi connectivity index (χ0) is 17.1. The van der Waals surface area contributed by atoms with Gasteiger partial charge in [-0.15, -0.1) is 0 Å². The first kappa shape index (κ1) is 16.7. The third-order valence-corrected chi connectivity index (χ3v) is 3.74. The molecule has 1 aromatic carbocycles. The Morgan fingerprint density at radius 2 is 1.83 bits per heavy atom. The minimum Gasteiger partial charge on any atom is -0.465 e. The number of benzene rings is 1. The third kappa shape index (κ3) is 3.11. The van der Waals surface area contributed by atoms with E-state index in [4.69, 9.17) is 4.74 Å². The average Bonchev–Trinajstić information content (AvgIpc) is 2.84. The van der Waals surface area contributed by atoms with Gasteiger partial charge in [-0.1, -0.05) is 0 Å². The number of esters is 1. The molecule has 0 aliphatic rings. The molecule has 1 N–H and O–H groups in total. The molecule has 23 heavy (non-hydrogen) atoms. The number of rotatable bonds is 4. The van der Waals surface area contributed by atoms with Crippen LogP contribution in [0.2, 0.25) is 0 Å². The molecule has 2 aromatic rings. The Labute approximate surface area is 134 Å². The highest BCUT2D eigenvalue weighted by molar-refractivity contribution is 6.08. The van der Waals surface area contributed by atoms with Gasteiger partial charge in [-0.05, 0) is 50.6 Å². The summed E-state index contributed by atoms with van der Waals surface area (Å²) in [6.45, 7) is 5.65. The van der Waals surface area contributed by atoms with Gasteiger partial charge < -0.3 is 14.6 Å². The van der Waals surface area contributed by atoms with E-state index in [9.17, 15) is 14.0 Å². The van der Waals surface area contributed by atoms with Gasteiger partial charge in [0, 0.05) is 17.9 Å². The van der Waals surface area contributed by atoms with E-state index in [2.05, 4.69) is 4.98 Å². The molecule has 0 saturated heterocycles. The van der Waals surface area contributed by atoms with E-state index >= 15 is 0 Å². The highest BCUT2D eigenvalue weighted by atomic mass is 19.1. The minimum atomic E-state index is -0.486. The van der Waals surface area contributed by atoms with Crippen molar-refractivity contribution in [1.82, 2.24) is 4.98 Å². The lowest BCUT2D eigenvalue weighted by Gasteiger charge is -2.21. The fourth-order valence-corrected chi connectivity index (χ4v) is 2.57. The third-order valence-electron chi connectivity index (χ3n) is 3.74. The van der Waals surface area contributed by atoms with Crippen LogP contribution in [0.5, 0.6) is 0 Å². The number of halogens is 1. The van der Waals surface area contributed by atoms with E-state index in [1.54, 1.807) is 26.0 Å². The number of nitrogens with one attached hydrogen (secondary N) is 1. The van der Waals surface area contributed by atoms with Crippen molar-refractivity contribution in [2.24, 2.45) is 0 Å². The first-order chi connectivity index (χ1) is 10.9. The summed E-state index contributed by atoms with van der Waals surface area (Å²) >= 11 is 0. The quantitative estimate of drug-likeness (QED) is 0.880.